The third-order valence-electron chi connectivity index (χ3n) is 2.96. The number of β-amino-alcohol motifs (C(OH)–C–C–N with tert-alkyl or cyclic N) is 1. The quantitative estimate of drug-likeness (QED) is 0.821. The highest BCUT2D eigenvalue weighted by Gasteiger charge is 2.17. The van der Waals surface area contributed by atoms with Crippen molar-refractivity contribution in [3.63, 3.8) is 0 Å². The van der Waals surface area contributed by atoms with E-state index < -0.39 is 6.10 Å². The highest BCUT2D eigenvalue weighted by Crippen LogP contribution is 2.15. The summed E-state index contributed by atoms with van der Waals surface area (Å²) in [5.74, 6) is 0. The molecular formula is C13H19N2O. The topological polar surface area (TPSA) is 26.7 Å². The van der Waals surface area contributed by atoms with E-state index in [1.165, 1.54) is 5.69 Å². The number of benzene rings is 1. The maximum Gasteiger partial charge on any atom is 0.0668 e. The van der Waals surface area contributed by atoms with E-state index in [0.29, 0.717) is 6.54 Å². The average Bonchev–Trinajstić information content (AvgIpc) is 2.30. The van der Waals surface area contributed by atoms with Crippen molar-refractivity contribution in [1.29, 1.82) is 0 Å². The zero-order chi connectivity index (χ0) is 11.4. The number of hydrogen-bond donors (Lipinski definition) is 1. The third kappa shape index (κ3) is 2.97. The van der Waals surface area contributed by atoms with Crippen LogP contribution in [0.25, 0.3) is 0 Å². The van der Waals surface area contributed by atoms with Crippen molar-refractivity contribution in [1.82, 2.24) is 4.90 Å². The minimum absolute atomic E-state index is 0.469. The van der Waals surface area contributed by atoms with Crippen LogP contribution in [-0.4, -0.2) is 48.8 Å². The van der Waals surface area contributed by atoms with Gasteiger partial charge in [-0.1, -0.05) is 18.2 Å². The van der Waals surface area contributed by atoms with Crippen molar-refractivity contribution in [3.8, 4) is 0 Å². The fourth-order valence-electron chi connectivity index (χ4n) is 2.13. The van der Waals surface area contributed by atoms with E-state index in [1.807, 2.05) is 6.07 Å². The van der Waals surface area contributed by atoms with Crippen molar-refractivity contribution in [2.24, 2.45) is 0 Å². The highest BCUT2D eigenvalue weighted by molar-refractivity contribution is 5.46. The number of hydrogen-bond acceptors (Lipinski definition) is 3. The van der Waals surface area contributed by atoms with Crippen LogP contribution in [0.15, 0.2) is 30.3 Å². The summed E-state index contributed by atoms with van der Waals surface area (Å²) in [4.78, 5) is 4.64. The normalized spacial score (nSPS) is 19.8. The van der Waals surface area contributed by atoms with Gasteiger partial charge in [-0.2, -0.15) is 0 Å². The molecule has 2 rings (SSSR count). The summed E-state index contributed by atoms with van der Waals surface area (Å²) in [5.41, 5.74) is 1.29. The number of para-hydroxylation sites is 1. The van der Waals surface area contributed by atoms with Gasteiger partial charge in [0, 0.05) is 38.4 Å². The monoisotopic (exact) mass is 219 g/mol. The van der Waals surface area contributed by atoms with E-state index in [0.717, 1.165) is 26.2 Å². The van der Waals surface area contributed by atoms with Crippen LogP contribution in [0.4, 0.5) is 5.69 Å². The molecule has 0 aliphatic carbocycles. The van der Waals surface area contributed by atoms with Gasteiger partial charge in [-0.3, -0.25) is 4.90 Å². The molecule has 1 fully saturated rings. The molecule has 1 aromatic rings. The molecule has 1 aromatic carbocycles. The third-order valence-corrected chi connectivity index (χ3v) is 2.96. The second-order valence-corrected chi connectivity index (χ2v) is 4.28. The molecule has 3 nitrogen and oxygen atoms in total. The summed E-state index contributed by atoms with van der Waals surface area (Å²) >= 11 is 0. The van der Waals surface area contributed by atoms with Crippen molar-refractivity contribution in [3.05, 3.63) is 37.3 Å². The Balaban J connectivity index is 1.86. The number of anilines is 1. The molecule has 16 heavy (non-hydrogen) atoms. The van der Waals surface area contributed by atoms with Gasteiger partial charge in [0.15, 0.2) is 0 Å². The SMILES string of the molecule is [CH2]C(O)CN1CCN(c2ccccc2)CC1. The van der Waals surface area contributed by atoms with Gasteiger partial charge in [0.2, 0.25) is 0 Å². The van der Waals surface area contributed by atoms with Crippen molar-refractivity contribution < 1.29 is 5.11 Å². The first kappa shape index (κ1) is 11.4. The maximum atomic E-state index is 9.22. The smallest absolute Gasteiger partial charge is 0.0668 e. The lowest BCUT2D eigenvalue weighted by Gasteiger charge is -2.36. The average molecular weight is 219 g/mol. The van der Waals surface area contributed by atoms with Crippen LogP contribution < -0.4 is 4.90 Å². The van der Waals surface area contributed by atoms with Crippen LogP contribution in [0.2, 0.25) is 0 Å². The van der Waals surface area contributed by atoms with Crippen LogP contribution in [0, 0.1) is 6.92 Å². The fraction of sp³-hybridized carbons (Fsp3) is 0.462. The van der Waals surface area contributed by atoms with Gasteiger partial charge in [-0.25, -0.2) is 0 Å². The first-order valence-corrected chi connectivity index (χ1v) is 5.79. The summed E-state index contributed by atoms with van der Waals surface area (Å²) in [5, 5.41) is 9.22. The van der Waals surface area contributed by atoms with Crippen LogP contribution in [-0.2, 0) is 0 Å². The van der Waals surface area contributed by atoms with E-state index in [1.54, 1.807) is 0 Å². The molecule has 1 radical (unpaired) electrons. The molecule has 1 N–H and O–H groups in total. The Kier molecular flexibility index (Phi) is 3.80. The Morgan fingerprint density at radius 2 is 1.75 bits per heavy atom. The Labute approximate surface area is 97.3 Å². The van der Waals surface area contributed by atoms with Gasteiger partial charge >= 0.3 is 0 Å². The zero-order valence-corrected chi connectivity index (χ0v) is 9.55. The van der Waals surface area contributed by atoms with Gasteiger partial charge in [0.1, 0.15) is 0 Å². The first-order chi connectivity index (χ1) is 7.75. The molecule has 1 unspecified atom stereocenters. The zero-order valence-electron chi connectivity index (χ0n) is 9.55. The molecular weight excluding hydrogens is 200 g/mol. The summed E-state index contributed by atoms with van der Waals surface area (Å²) < 4.78 is 0. The summed E-state index contributed by atoms with van der Waals surface area (Å²) in [6.07, 6.45) is -0.469. The molecule has 1 aliphatic heterocycles. The number of piperazine rings is 1. The van der Waals surface area contributed by atoms with Gasteiger partial charge < -0.3 is 10.0 Å². The van der Waals surface area contributed by atoms with Crippen LogP contribution in [0.1, 0.15) is 0 Å². The molecule has 0 amide bonds. The number of aliphatic hydroxyl groups excluding tert-OH is 1. The maximum absolute atomic E-state index is 9.22. The standard InChI is InChI=1S/C13H19N2O/c1-12(16)11-14-7-9-15(10-8-14)13-5-3-2-4-6-13/h2-6,12,16H,1,7-11H2. The van der Waals surface area contributed by atoms with E-state index in [-0.39, 0.29) is 0 Å². The highest BCUT2D eigenvalue weighted by atomic mass is 16.3. The molecule has 1 saturated heterocycles. The Hall–Kier alpha value is -1.06. The Morgan fingerprint density at radius 3 is 2.31 bits per heavy atom. The molecule has 87 valence electrons. The molecule has 0 aromatic heterocycles. The molecule has 1 heterocycles. The number of rotatable bonds is 3. The summed E-state index contributed by atoms with van der Waals surface area (Å²) in [6, 6.07) is 10.5. The fourth-order valence-corrected chi connectivity index (χ4v) is 2.13. The van der Waals surface area contributed by atoms with Crippen LogP contribution >= 0.6 is 0 Å². The lowest BCUT2D eigenvalue weighted by atomic mass is 10.2. The molecule has 1 aliphatic rings. The van der Waals surface area contributed by atoms with E-state index >= 15 is 0 Å². The Morgan fingerprint density at radius 1 is 1.12 bits per heavy atom. The summed E-state index contributed by atoms with van der Waals surface area (Å²) in [7, 11) is 0. The van der Waals surface area contributed by atoms with E-state index in [4.69, 9.17) is 0 Å². The predicted octanol–water partition coefficient (Wildman–Crippen LogP) is 1.00. The molecule has 0 bridgehead atoms. The van der Waals surface area contributed by atoms with Crippen molar-refractivity contribution >= 4 is 5.69 Å². The minimum Gasteiger partial charge on any atom is -0.392 e. The van der Waals surface area contributed by atoms with Crippen LogP contribution in [0.3, 0.4) is 0 Å². The van der Waals surface area contributed by atoms with Gasteiger partial charge in [-0.15, -0.1) is 0 Å². The molecule has 0 spiro atoms. The number of aliphatic hydroxyl groups is 1. The second kappa shape index (κ2) is 5.32. The van der Waals surface area contributed by atoms with Gasteiger partial charge in [0.05, 0.1) is 6.10 Å². The van der Waals surface area contributed by atoms with Crippen LogP contribution in [0.5, 0.6) is 0 Å². The van der Waals surface area contributed by atoms with Crippen molar-refractivity contribution in [2.45, 2.75) is 6.10 Å². The molecule has 0 saturated carbocycles. The molecule has 3 heteroatoms. The predicted molar refractivity (Wildman–Crippen MR) is 66.5 cm³/mol. The summed E-state index contributed by atoms with van der Waals surface area (Å²) in [6.45, 7) is 8.35. The molecule has 1 atom stereocenters. The number of nitrogens with zero attached hydrogens (tertiary/aromatic N) is 2. The second-order valence-electron chi connectivity index (χ2n) is 4.28. The van der Waals surface area contributed by atoms with Gasteiger partial charge in [-0.05, 0) is 19.1 Å². The van der Waals surface area contributed by atoms with E-state index in [9.17, 15) is 5.11 Å². The Bertz CT molecular complexity index is 305. The minimum atomic E-state index is -0.469. The lowest BCUT2D eigenvalue weighted by molar-refractivity contribution is 0.140. The van der Waals surface area contributed by atoms with Crippen molar-refractivity contribution in [2.75, 3.05) is 37.6 Å². The first-order valence-electron chi connectivity index (χ1n) is 5.79. The largest absolute Gasteiger partial charge is 0.392 e. The van der Waals surface area contributed by atoms with E-state index in [2.05, 4.69) is 41.0 Å². The lowest BCUT2D eigenvalue weighted by Crippen LogP contribution is -2.48. The van der Waals surface area contributed by atoms with Gasteiger partial charge in [0.25, 0.3) is 0 Å².